The summed E-state index contributed by atoms with van der Waals surface area (Å²) in [5.41, 5.74) is 8.72. The molecule has 1 aromatic heterocycles. The highest BCUT2D eigenvalue weighted by atomic mass is 16.3. The fourth-order valence-corrected chi connectivity index (χ4v) is 2.25. The number of aromatic nitrogens is 2. The van der Waals surface area contributed by atoms with Crippen LogP contribution in [0.5, 0.6) is 0 Å². The first kappa shape index (κ1) is 13.4. The maximum atomic E-state index is 11.8. The van der Waals surface area contributed by atoms with Gasteiger partial charge in [-0.3, -0.25) is 9.89 Å². The molecule has 1 aromatic carbocycles. The molecule has 0 saturated carbocycles. The van der Waals surface area contributed by atoms with E-state index in [1.54, 1.807) is 18.3 Å². The molecule has 3 rings (SSSR count). The molecule has 1 aliphatic rings. The van der Waals surface area contributed by atoms with Crippen LogP contribution in [0.1, 0.15) is 21.6 Å². The van der Waals surface area contributed by atoms with Crippen molar-refractivity contribution in [1.29, 1.82) is 0 Å². The molecular formula is C15H14N4O2. The van der Waals surface area contributed by atoms with Gasteiger partial charge < -0.3 is 10.8 Å². The number of carbonyl (C=O) groups is 1. The van der Waals surface area contributed by atoms with Crippen LogP contribution in [0, 0.1) is 0 Å². The molecule has 0 spiro atoms. The van der Waals surface area contributed by atoms with E-state index in [0.29, 0.717) is 22.7 Å². The van der Waals surface area contributed by atoms with Crippen molar-refractivity contribution in [3.63, 3.8) is 0 Å². The molecule has 0 amide bonds. The summed E-state index contributed by atoms with van der Waals surface area (Å²) in [4.78, 5) is 16.4. The van der Waals surface area contributed by atoms with Crippen LogP contribution in [0.2, 0.25) is 0 Å². The van der Waals surface area contributed by atoms with Crippen LogP contribution >= 0.6 is 0 Å². The van der Waals surface area contributed by atoms with E-state index in [2.05, 4.69) is 15.2 Å². The minimum atomic E-state index is -0.972. The number of nitrogens with zero attached hydrogens (tertiary/aromatic N) is 2. The number of nitrogens with two attached hydrogens (primary N) is 1. The van der Waals surface area contributed by atoms with Crippen molar-refractivity contribution in [2.75, 3.05) is 0 Å². The third-order valence-electron chi connectivity index (χ3n) is 3.21. The van der Waals surface area contributed by atoms with Crippen molar-refractivity contribution in [2.45, 2.75) is 12.6 Å². The van der Waals surface area contributed by atoms with Crippen LogP contribution < -0.4 is 5.73 Å². The average molecular weight is 282 g/mol. The Balaban J connectivity index is 2.03. The normalized spacial score (nSPS) is 17.0. The van der Waals surface area contributed by atoms with Gasteiger partial charge in [0.1, 0.15) is 11.9 Å². The average Bonchev–Trinajstić information content (AvgIpc) is 2.89. The summed E-state index contributed by atoms with van der Waals surface area (Å²) in [7, 11) is 0. The summed E-state index contributed by atoms with van der Waals surface area (Å²) >= 11 is 0. The third-order valence-corrected chi connectivity index (χ3v) is 3.21. The Morgan fingerprint density at radius 3 is 2.81 bits per heavy atom. The van der Waals surface area contributed by atoms with E-state index in [-0.39, 0.29) is 12.2 Å². The maximum Gasteiger partial charge on any atom is 0.186 e. The molecule has 0 bridgehead atoms. The second-order valence-corrected chi connectivity index (χ2v) is 4.75. The Labute approximate surface area is 121 Å². The van der Waals surface area contributed by atoms with Crippen LogP contribution in [-0.4, -0.2) is 33.0 Å². The second-order valence-electron chi connectivity index (χ2n) is 4.75. The van der Waals surface area contributed by atoms with E-state index >= 15 is 0 Å². The van der Waals surface area contributed by atoms with E-state index < -0.39 is 6.23 Å². The number of rotatable bonds is 3. The van der Waals surface area contributed by atoms with E-state index in [1.165, 1.54) is 6.08 Å². The zero-order chi connectivity index (χ0) is 14.8. The van der Waals surface area contributed by atoms with E-state index in [0.717, 1.165) is 5.56 Å². The summed E-state index contributed by atoms with van der Waals surface area (Å²) in [6.45, 7) is 0. The van der Waals surface area contributed by atoms with Crippen molar-refractivity contribution in [3.05, 3.63) is 59.4 Å². The zero-order valence-electron chi connectivity index (χ0n) is 11.2. The molecule has 0 unspecified atom stereocenters. The Morgan fingerprint density at radius 2 is 2.05 bits per heavy atom. The highest BCUT2D eigenvalue weighted by Gasteiger charge is 2.17. The van der Waals surface area contributed by atoms with Gasteiger partial charge in [-0.25, -0.2) is 4.99 Å². The topological polar surface area (TPSA) is 104 Å². The molecule has 2 aromatic rings. The van der Waals surface area contributed by atoms with Gasteiger partial charge in [-0.15, -0.1) is 0 Å². The van der Waals surface area contributed by atoms with E-state index in [1.807, 2.05) is 18.2 Å². The van der Waals surface area contributed by atoms with Gasteiger partial charge in [0, 0.05) is 17.5 Å². The third kappa shape index (κ3) is 2.67. The van der Waals surface area contributed by atoms with Gasteiger partial charge in [0.05, 0.1) is 17.6 Å². The highest BCUT2D eigenvalue weighted by Crippen LogP contribution is 2.23. The molecule has 0 fully saturated rings. The lowest BCUT2D eigenvalue weighted by atomic mass is 9.94. The molecule has 4 N–H and O–H groups in total. The van der Waals surface area contributed by atoms with Gasteiger partial charge >= 0.3 is 0 Å². The number of benzene rings is 1. The number of H-pyrrole nitrogens is 1. The molecule has 0 radical (unpaired) electrons. The zero-order valence-corrected chi connectivity index (χ0v) is 11.2. The summed E-state index contributed by atoms with van der Waals surface area (Å²) in [6, 6.07) is 7.31. The fraction of sp³-hybridized carbons (Fsp3) is 0.133. The number of aliphatic hydroxyl groups is 1. The molecule has 6 nitrogen and oxygen atoms in total. The summed E-state index contributed by atoms with van der Waals surface area (Å²) in [5.74, 6) is -0.0330. The van der Waals surface area contributed by atoms with Crippen LogP contribution in [-0.2, 0) is 6.42 Å². The number of allylic oxidation sites excluding steroid dienone is 2. The number of ketones is 1. The molecule has 21 heavy (non-hydrogen) atoms. The standard InChI is InChI=1S/C15H14N4O2/c16-15(21)7-12-13(8-17-19-12)18-11-5-6-14(20)10-4-2-1-3-9(10)11/h1-6,8,15,21H,7,16H2,(H,17,19)/t15-/m1/s1. The van der Waals surface area contributed by atoms with Crippen LogP contribution in [0.25, 0.3) is 0 Å². The first-order valence-electron chi connectivity index (χ1n) is 6.51. The molecule has 1 aliphatic carbocycles. The predicted octanol–water partition coefficient (Wildman–Crippen LogP) is 1.10. The monoisotopic (exact) mass is 282 g/mol. The van der Waals surface area contributed by atoms with Crippen LogP contribution in [0.15, 0.2) is 47.6 Å². The number of hydrogen-bond acceptors (Lipinski definition) is 5. The molecule has 0 saturated heterocycles. The summed E-state index contributed by atoms with van der Waals surface area (Å²) in [6.07, 6.45) is 4.01. The van der Waals surface area contributed by atoms with Crippen molar-refractivity contribution >= 4 is 17.2 Å². The largest absolute Gasteiger partial charge is 0.378 e. The van der Waals surface area contributed by atoms with Gasteiger partial charge in [0.25, 0.3) is 0 Å². The van der Waals surface area contributed by atoms with Gasteiger partial charge in [0.15, 0.2) is 5.78 Å². The first-order valence-corrected chi connectivity index (χ1v) is 6.51. The van der Waals surface area contributed by atoms with Gasteiger partial charge in [-0.1, -0.05) is 24.3 Å². The Kier molecular flexibility index (Phi) is 3.47. The number of carbonyl (C=O) groups excluding carboxylic acids is 1. The second kappa shape index (κ2) is 5.43. The number of hydrogen-bond donors (Lipinski definition) is 3. The number of aliphatic imine (C=N–C) groups is 1. The Bertz CT molecular complexity index is 744. The number of nitrogens with one attached hydrogen (secondary N) is 1. The smallest absolute Gasteiger partial charge is 0.186 e. The van der Waals surface area contributed by atoms with Crippen molar-refractivity contribution in [1.82, 2.24) is 10.2 Å². The minimum absolute atomic E-state index is 0.0330. The predicted molar refractivity (Wildman–Crippen MR) is 78.6 cm³/mol. The molecule has 106 valence electrons. The maximum absolute atomic E-state index is 11.8. The summed E-state index contributed by atoms with van der Waals surface area (Å²) in [5, 5.41) is 16.0. The number of aromatic amines is 1. The lowest BCUT2D eigenvalue weighted by Crippen LogP contribution is -2.21. The minimum Gasteiger partial charge on any atom is -0.378 e. The van der Waals surface area contributed by atoms with Crippen molar-refractivity contribution in [3.8, 4) is 0 Å². The highest BCUT2D eigenvalue weighted by molar-refractivity contribution is 6.24. The van der Waals surface area contributed by atoms with Crippen molar-refractivity contribution in [2.24, 2.45) is 10.7 Å². The Morgan fingerprint density at radius 1 is 1.29 bits per heavy atom. The van der Waals surface area contributed by atoms with Gasteiger partial charge in [-0.05, 0) is 12.2 Å². The molecular weight excluding hydrogens is 268 g/mol. The van der Waals surface area contributed by atoms with E-state index in [9.17, 15) is 9.90 Å². The molecule has 0 aliphatic heterocycles. The lowest BCUT2D eigenvalue weighted by molar-refractivity contribution is 0.104. The number of fused-ring (bicyclic) bond motifs is 1. The first-order chi connectivity index (χ1) is 10.1. The Hall–Kier alpha value is -2.57. The fourth-order valence-electron chi connectivity index (χ4n) is 2.25. The van der Waals surface area contributed by atoms with Gasteiger partial charge in [0.2, 0.25) is 0 Å². The van der Waals surface area contributed by atoms with Crippen LogP contribution in [0.4, 0.5) is 5.69 Å². The summed E-state index contributed by atoms with van der Waals surface area (Å²) < 4.78 is 0. The number of aliphatic hydroxyl groups excluding tert-OH is 1. The molecule has 1 heterocycles. The van der Waals surface area contributed by atoms with E-state index in [4.69, 9.17) is 5.73 Å². The van der Waals surface area contributed by atoms with Crippen molar-refractivity contribution < 1.29 is 9.90 Å². The lowest BCUT2D eigenvalue weighted by Gasteiger charge is -2.11. The van der Waals surface area contributed by atoms with Crippen LogP contribution in [0.3, 0.4) is 0 Å². The molecule has 1 atom stereocenters. The SMILES string of the molecule is N[C@H](O)Cc1[nH]ncc1N=C1C=CC(=O)c2ccccc21. The quantitative estimate of drug-likeness (QED) is 0.733. The van der Waals surface area contributed by atoms with Gasteiger partial charge in [-0.2, -0.15) is 5.10 Å². The molecule has 6 heteroatoms.